The Labute approximate surface area is 139 Å². The quantitative estimate of drug-likeness (QED) is 0.480. The van der Waals surface area contributed by atoms with Gasteiger partial charge < -0.3 is 4.74 Å². The summed E-state index contributed by atoms with van der Waals surface area (Å²) in [5.74, 6) is -0.110. The van der Waals surface area contributed by atoms with Crippen molar-refractivity contribution < 1.29 is 14.3 Å². The fraction of sp³-hybridized carbons (Fsp3) is 0.333. The van der Waals surface area contributed by atoms with E-state index in [1.165, 1.54) is 6.21 Å². The van der Waals surface area contributed by atoms with Crippen molar-refractivity contribution in [3.8, 4) is 11.8 Å². The summed E-state index contributed by atoms with van der Waals surface area (Å²) in [6.45, 7) is -0.0778. The first-order valence-corrected chi connectivity index (χ1v) is 7.89. The van der Waals surface area contributed by atoms with Crippen LogP contribution in [0.5, 0.6) is 5.75 Å². The fourth-order valence-electron chi connectivity index (χ4n) is 3.95. The van der Waals surface area contributed by atoms with Gasteiger partial charge in [0.15, 0.2) is 6.61 Å². The number of carbonyl (C=O) groups excluding carboxylic acids is 2. The molecular formula is C18H15N3O3. The molecule has 0 aromatic heterocycles. The van der Waals surface area contributed by atoms with Gasteiger partial charge in [-0.3, -0.25) is 9.59 Å². The van der Waals surface area contributed by atoms with Gasteiger partial charge in [-0.25, -0.2) is 0 Å². The molecule has 0 N–H and O–H groups in total. The first-order chi connectivity index (χ1) is 11.7. The molecular weight excluding hydrogens is 306 g/mol. The molecule has 2 aliphatic carbocycles. The molecule has 2 amide bonds. The second-order valence-electron chi connectivity index (χ2n) is 6.22. The van der Waals surface area contributed by atoms with E-state index >= 15 is 0 Å². The predicted octanol–water partition coefficient (Wildman–Crippen LogP) is 1.73. The van der Waals surface area contributed by atoms with Crippen molar-refractivity contribution >= 4 is 18.0 Å². The van der Waals surface area contributed by atoms with Gasteiger partial charge in [-0.2, -0.15) is 15.4 Å². The molecule has 120 valence electrons. The number of ether oxygens (including phenoxy) is 1. The molecule has 6 heteroatoms. The van der Waals surface area contributed by atoms with Gasteiger partial charge in [-0.15, -0.1) is 0 Å². The highest BCUT2D eigenvalue weighted by molar-refractivity contribution is 6.06. The zero-order chi connectivity index (χ0) is 16.7. The Morgan fingerprint density at radius 2 is 1.88 bits per heavy atom. The lowest BCUT2D eigenvalue weighted by molar-refractivity contribution is -0.140. The van der Waals surface area contributed by atoms with Crippen LogP contribution in [0.15, 0.2) is 41.5 Å². The number of amides is 2. The summed E-state index contributed by atoms with van der Waals surface area (Å²) in [7, 11) is 0. The average Bonchev–Trinajstić information content (AvgIpc) is 3.27. The second kappa shape index (κ2) is 5.60. The average molecular weight is 321 g/mol. The van der Waals surface area contributed by atoms with Crippen LogP contribution in [-0.2, 0) is 9.59 Å². The summed E-state index contributed by atoms with van der Waals surface area (Å²) >= 11 is 0. The van der Waals surface area contributed by atoms with Gasteiger partial charge in [0.2, 0.25) is 0 Å². The van der Waals surface area contributed by atoms with Gasteiger partial charge in [0, 0.05) is 5.56 Å². The zero-order valence-electron chi connectivity index (χ0n) is 12.8. The van der Waals surface area contributed by atoms with E-state index in [2.05, 4.69) is 17.3 Å². The van der Waals surface area contributed by atoms with Crippen molar-refractivity contribution in [1.82, 2.24) is 5.01 Å². The number of allylic oxidation sites excluding steroid dienone is 2. The number of para-hydroxylation sites is 1. The molecule has 0 spiro atoms. The van der Waals surface area contributed by atoms with Crippen LogP contribution >= 0.6 is 0 Å². The molecule has 1 heterocycles. The molecule has 0 radical (unpaired) electrons. The number of hydrazone groups is 1. The monoisotopic (exact) mass is 321 g/mol. The largest absolute Gasteiger partial charge is 0.478 e. The third-order valence-electron chi connectivity index (χ3n) is 4.97. The van der Waals surface area contributed by atoms with Crippen LogP contribution in [0.1, 0.15) is 12.0 Å². The summed E-state index contributed by atoms with van der Waals surface area (Å²) in [6, 6.07) is 8.96. The molecule has 6 nitrogen and oxygen atoms in total. The Hall–Kier alpha value is -2.94. The van der Waals surface area contributed by atoms with Crippen LogP contribution in [0.4, 0.5) is 0 Å². The highest BCUT2D eigenvalue weighted by atomic mass is 16.5. The highest BCUT2D eigenvalue weighted by Gasteiger charge is 2.59. The van der Waals surface area contributed by atoms with Gasteiger partial charge in [0.25, 0.3) is 11.8 Å². The Balaban J connectivity index is 1.57. The van der Waals surface area contributed by atoms with Crippen molar-refractivity contribution in [2.75, 3.05) is 6.61 Å². The minimum Gasteiger partial charge on any atom is -0.478 e. The van der Waals surface area contributed by atoms with Crippen LogP contribution in [0, 0.1) is 35.0 Å². The standard InChI is InChI=1S/C18H15N3O3/c19-7-8-24-14-4-2-1-3-13(14)10-20-21-17(22)15-11-5-6-12(9-11)16(15)18(21)23/h1-6,10-12,15-16H,8-9H2/b20-10-/t11-,12-,15-,16+/m0/s1. The maximum absolute atomic E-state index is 12.5. The maximum atomic E-state index is 12.5. The minimum atomic E-state index is -0.255. The number of hydrogen-bond donors (Lipinski definition) is 0. The molecule has 1 saturated heterocycles. The lowest BCUT2D eigenvalue weighted by Gasteiger charge is -2.13. The molecule has 0 unspecified atom stereocenters. The number of nitriles is 1. The Morgan fingerprint density at radius 3 is 2.54 bits per heavy atom. The van der Waals surface area contributed by atoms with Gasteiger partial charge in [0.05, 0.1) is 18.1 Å². The summed E-state index contributed by atoms with van der Waals surface area (Å²) < 4.78 is 5.32. The van der Waals surface area contributed by atoms with Crippen molar-refractivity contribution in [2.45, 2.75) is 6.42 Å². The first kappa shape index (κ1) is 14.6. The zero-order valence-corrected chi connectivity index (χ0v) is 12.8. The van der Waals surface area contributed by atoms with E-state index in [-0.39, 0.29) is 42.1 Å². The third-order valence-corrected chi connectivity index (χ3v) is 4.97. The number of nitrogens with zero attached hydrogens (tertiary/aromatic N) is 3. The molecule has 2 bridgehead atoms. The van der Waals surface area contributed by atoms with Crippen molar-refractivity contribution in [3.63, 3.8) is 0 Å². The number of fused-ring (bicyclic) bond motifs is 5. The van der Waals surface area contributed by atoms with Gasteiger partial charge in [-0.1, -0.05) is 24.3 Å². The molecule has 4 rings (SSSR count). The topological polar surface area (TPSA) is 82.8 Å². The fourth-order valence-corrected chi connectivity index (χ4v) is 3.95. The Kier molecular flexibility index (Phi) is 3.42. The highest BCUT2D eigenvalue weighted by Crippen LogP contribution is 2.52. The lowest BCUT2D eigenvalue weighted by Crippen LogP contribution is -2.28. The number of imide groups is 1. The minimum absolute atomic E-state index is 0.0778. The van der Waals surface area contributed by atoms with Crippen molar-refractivity contribution in [3.05, 3.63) is 42.0 Å². The molecule has 1 saturated carbocycles. The molecule has 3 aliphatic rings. The predicted molar refractivity (Wildman–Crippen MR) is 84.7 cm³/mol. The van der Waals surface area contributed by atoms with Crippen molar-refractivity contribution in [1.29, 1.82) is 5.26 Å². The number of benzene rings is 1. The van der Waals surface area contributed by atoms with Gasteiger partial charge in [-0.05, 0) is 30.4 Å². The van der Waals surface area contributed by atoms with Gasteiger partial charge >= 0.3 is 0 Å². The summed E-state index contributed by atoms with van der Waals surface area (Å²) in [5.41, 5.74) is 0.617. The Morgan fingerprint density at radius 1 is 1.21 bits per heavy atom. The molecule has 24 heavy (non-hydrogen) atoms. The summed E-state index contributed by atoms with van der Waals surface area (Å²) in [6.07, 6.45) is 6.44. The van der Waals surface area contributed by atoms with E-state index in [0.717, 1.165) is 11.4 Å². The lowest BCUT2D eigenvalue weighted by atomic mass is 9.85. The van der Waals surface area contributed by atoms with Crippen molar-refractivity contribution in [2.24, 2.45) is 28.8 Å². The second-order valence-corrected chi connectivity index (χ2v) is 6.22. The molecule has 1 aromatic rings. The molecule has 2 fully saturated rings. The van der Waals surface area contributed by atoms with E-state index in [1.807, 2.05) is 6.07 Å². The molecule has 4 atom stereocenters. The van der Waals surface area contributed by atoms with Crippen LogP contribution in [0.2, 0.25) is 0 Å². The normalized spacial score (nSPS) is 30.2. The molecule has 1 aliphatic heterocycles. The summed E-state index contributed by atoms with van der Waals surface area (Å²) in [5, 5.41) is 13.8. The van der Waals surface area contributed by atoms with E-state index < -0.39 is 0 Å². The van der Waals surface area contributed by atoms with E-state index in [1.54, 1.807) is 24.3 Å². The van der Waals surface area contributed by atoms with E-state index in [9.17, 15) is 9.59 Å². The SMILES string of the molecule is N#CCOc1ccccc1/C=N\N1C(=O)[C@@H]2[C@H](C1=O)[C@H]1C=C[C@H]2C1. The maximum Gasteiger partial charge on any atom is 0.254 e. The smallest absolute Gasteiger partial charge is 0.254 e. The van der Waals surface area contributed by atoms with E-state index in [0.29, 0.717) is 11.3 Å². The van der Waals surface area contributed by atoms with Gasteiger partial charge in [0.1, 0.15) is 11.8 Å². The molecule has 1 aromatic carbocycles. The summed E-state index contributed by atoms with van der Waals surface area (Å²) in [4.78, 5) is 25.1. The number of hydrogen-bond acceptors (Lipinski definition) is 5. The number of rotatable bonds is 4. The number of carbonyl (C=O) groups is 2. The van der Waals surface area contributed by atoms with Crippen LogP contribution in [0.3, 0.4) is 0 Å². The van der Waals surface area contributed by atoms with Crippen LogP contribution < -0.4 is 4.74 Å². The van der Waals surface area contributed by atoms with E-state index in [4.69, 9.17) is 10.00 Å². The first-order valence-electron chi connectivity index (χ1n) is 7.89. The van der Waals surface area contributed by atoms with Crippen LogP contribution in [0.25, 0.3) is 0 Å². The third kappa shape index (κ3) is 2.13. The van der Waals surface area contributed by atoms with Crippen LogP contribution in [-0.4, -0.2) is 29.6 Å². The Bertz CT molecular complexity index is 778.